The molecule has 2 aromatic carbocycles. The van der Waals surface area contributed by atoms with Crippen molar-refractivity contribution < 1.29 is 76.1 Å². The summed E-state index contributed by atoms with van der Waals surface area (Å²) in [5.41, 5.74) is 6.85. The molecule has 3 saturated heterocycles. The molecule has 282 valence electrons. The Morgan fingerprint density at radius 3 is 1.90 bits per heavy atom. The molecule has 3 aliphatic rings. The molecular weight excluding hydrogens is 690 g/mol. The van der Waals surface area contributed by atoms with Crippen LogP contribution in [-0.4, -0.2) is 105 Å². The first-order chi connectivity index (χ1) is 24.9. The first kappa shape index (κ1) is 38.6. The van der Waals surface area contributed by atoms with Gasteiger partial charge in [0.1, 0.15) is 24.9 Å². The number of fused-ring (bicyclic) bond motifs is 1. The third-order valence-corrected chi connectivity index (χ3v) is 8.10. The largest absolute Gasteiger partial charge is 0.463 e. The van der Waals surface area contributed by atoms with Gasteiger partial charge in [0.25, 0.3) is 0 Å². The Bertz CT molecular complexity index is 1540. The highest BCUT2D eigenvalue weighted by molar-refractivity contribution is 5.68. The van der Waals surface area contributed by atoms with Crippen LogP contribution in [-0.2, 0) is 77.9 Å². The molecule has 3 aliphatic heterocycles. The summed E-state index contributed by atoms with van der Waals surface area (Å²) in [6, 6.07) is 18.2. The van der Waals surface area contributed by atoms with Crippen LogP contribution in [0.3, 0.4) is 0 Å². The zero-order valence-electron chi connectivity index (χ0n) is 28.9. The average Bonchev–Trinajstić information content (AvgIpc) is 3.10. The molecule has 1 amide bonds. The molecule has 0 bridgehead atoms. The molecule has 52 heavy (non-hydrogen) atoms. The molecule has 17 heteroatoms. The molecule has 1 unspecified atom stereocenters. The summed E-state index contributed by atoms with van der Waals surface area (Å²) in [6.45, 7) is 4.00. The van der Waals surface area contributed by atoms with Crippen molar-refractivity contribution in [1.29, 1.82) is 0 Å². The van der Waals surface area contributed by atoms with E-state index >= 15 is 0 Å². The summed E-state index contributed by atoms with van der Waals surface area (Å²) < 4.78 is 64.9. The molecule has 0 saturated carbocycles. The Labute approximate surface area is 298 Å². The van der Waals surface area contributed by atoms with Crippen LogP contribution >= 0.6 is 0 Å². The zero-order chi connectivity index (χ0) is 37.4. The number of benzene rings is 2. The van der Waals surface area contributed by atoms with Crippen LogP contribution in [0.25, 0.3) is 0 Å². The van der Waals surface area contributed by atoms with Crippen molar-refractivity contribution in [3.63, 3.8) is 0 Å². The van der Waals surface area contributed by atoms with E-state index in [0.717, 1.165) is 26.3 Å². The molecule has 17 nitrogen and oxygen atoms in total. The topological polar surface area (TPSA) is 213 Å². The highest BCUT2D eigenvalue weighted by Gasteiger charge is 2.58. The van der Waals surface area contributed by atoms with E-state index in [0.29, 0.717) is 5.56 Å². The number of primary amides is 1. The van der Waals surface area contributed by atoms with E-state index in [2.05, 4.69) is 0 Å². The summed E-state index contributed by atoms with van der Waals surface area (Å²) in [5.74, 6) is -3.11. The van der Waals surface area contributed by atoms with E-state index in [1.54, 1.807) is 12.1 Å². The van der Waals surface area contributed by atoms with E-state index < -0.39 is 104 Å². The quantitative estimate of drug-likeness (QED) is 0.244. The maximum atomic E-state index is 12.7. The third kappa shape index (κ3) is 10.0. The van der Waals surface area contributed by atoms with E-state index in [4.69, 9.17) is 57.8 Å². The van der Waals surface area contributed by atoms with Gasteiger partial charge >= 0.3 is 30.0 Å². The van der Waals surface area contributed by atoms with Gasteiger partial charge in [-0.1, -0.05) is 60.7 Å². The van der Waals surface area contributed by atoms with E-state index in [1.165, 1.54) is 6.92 Å². The van der Waals surface area contributed by atoms with Crippen LogP contribution in [0.1, 0.15) is 45.1 Å². The number of carbonyl (C=O) groups excluding carboxylic acids is 5. The third-order valence-electron chi connectivity index (χ3n) is 8.10. The van der Waals surface area contributed by atoms with Gasteiger partial charge in [-0.05, 0) is 5.56 Å². The van der Waals surface area contributed by atoms with Crippen LogP contribution in [0.15, 0.2) is 60.7 Å². The fourth-order valence-corrected chi connectivity index (χ4v) is 6.08. The summed E-state index contributed by atoms with van der Waals surface area (Å²) in [7, 11) is 0. The number of hydrogen-bond acceptors (Lipinski definition) is 16. The molecule has 2 aromatic rings. The molecule has 0 aromatic heterocycles. The van der Waals surface area contributed by atoms with Crippen molar-refractivity contribution in [2.75, 3.05) is 13.2 Å². The summed E-state index contributed by atoms with van der Waals surface area (Å²) in [4.78, 5) is 61.3. The van der Waals surface area contributed by atoms with Crippen LogP contribution in [0.4, 0.5) is 4.79 Å². The minimum atomic E-state index is -1.70. The number of nitrogens with two attached hydrogens (primary N) is 1. The number of hydrogen-bond donors (Lipinski definition) is 1. The maximum absolute atomic E-state index is 12.7. The number of carbonyl (C=O) groups is 5. The number of rotatable bonds is 12. The van der Waals surface area contributed by atoms with Crippen LogP contribution in [0, 0.1) is 0 Å². The first-order valence-electron chi connectivity index (χ1n) is 16.4. The van der Waals surface area contributed by atoms with Gasteiger partial charge in [-0.2, -0.15) is 0 Å². The Morgan fingerprint density at radius 2 is 1.29 bits per heavy atom. The zero-order valence-corrected chi connectivity index (χ0v) is 28.9. The highest BCUT2D eigenvalue weighted by atomic mass is 16.8. The molecular formula is C35H41NO16. The van der Waals surface area contributed by atoms with Crippen molar-refractivity contribution in [3.8, 4) is 0 Å². The van der Waals surface area contributed by atoms with E-state index in [9.17, 15) is 24.0 Å². The maximum Gasteiger partial charge on any atom is 0.405 e. The lowest BCUT2D eigenvalue weighted by Crippen LogP contribution is -2.68. The number of esters is 4. The lowest BCUT2D eigenvalue weighted by Gasteiger charge is -2.50. The Morgan fingerprint density at radius 1 is 0.673 bits per heavy atom. The van der Waals surface area contributed by atoms with Gasteiger partial charge in [0.15, 0.2) is 49.4 Å². The molecule has 3 heterocycles. The molecule has 2 N–H and O–H groups in total. The number of amides is 1. The Hall–Kier alpha value is -4.65. The summed E-state index contributed by atoms with van der Waals surface area (Å²) in [6.07, 6.45) is -15.8. The standard InChI is InChI=1S/C35H41NO16/c1-18(37)42-16-24-26(45-19(2)38)29(52-35(36)41)31(47-21(4)40)34(49-24)51-30-28(46-20(3)39)27-25(17-44-32(50-27)23-13-9-6-10-14-23)48-33(30)43-15-22-11-7-5-8-12-22/h5-14,24-34H,15-17H2,1-4H3,(H2,36,41)/t24-,25-,26-,27+,28-,29+,30-,31+,32?,33-,34-/m0/s1. The predicted molar refractivity (Wildman–Crippen MR) is 171 cm³/mol. The number of ether oxygens (including phenoxy) is 11. The first-order valence-corrected chi connectivity index (χ1v) is 16.4. The molecule has 3 fully saturated rings. The summed E-state index contributed by atoms with van der Waals surface area (Å²) in [5, 5.41) is 0. The minimum absolute atomic E-state index is 0.0129. The summed E-state index contributed by atoms with van der Waals surface area (Å²) >= 11 is 0. The van der Waals surface area contributed by atoms with E-state index in [1.807, 2.05) is 48.5 Å². The Balaban J connectivity index is 1.54. The van der Waals surface area contributed by atoms with Gasteiger partial charge in [-0.3, -0.25) is 19.2 Å². The van der Waals surface area contributed by atoms with Crippen LogP contribution < -0.4 is 5.73 Å². The van der Waals surface area contributed by atoms with Crippen LogP contribution in [0.5, 0.6) is 0 Å². The average molecular weight is 732 g/mol. The van der Waals surface area contributed by atoms with Gasteiger partial charge < -0.3 is 57.8 Å². The molecule has 11 atom stereocenters. The van der Waals surface area contributed by atoms with Gasteiger partial charge in [-0.25, -0.2) is 4.79 Å². The van der Waals surface area contributed by atoms with Crippen molar-refractivity contribution in [1.82, 2.24) is 0 Å². The minimum Gasteiger partial charge on any atom is -0.463 e. The van der Waals surface area contributed by atoms with Crippen LogP contribution in [0.2, 0.25) is 0 Å². The van der Waals surface area contributed by atoms with Gasteiger partial charge in [0.2, 0.25) is 0 Å². The predicted octanol–water partition coefficient (Wildman–Crippen LogP) is 1.97. The van der Waals surface area contributed by atoms with Gasteiger partial charge in [0, 0.05) is 33.3 Å². The van der Waals surface area contributed by atoms with Crippen molar-refractivity contribution >= 4 is 30.0 Å². The molecule has 0 aliphatic carbocycles. The fourth-order valence-electron chi connectivity index (χ4n) is 6.08. The lowest BCUT2D eigenvalue weighted by molar-refractivity contribution is -0.394. The second-order valence-corrected chi connectivity index (χ2v) is 12.1. The van der Waals surface area contributed by atoms with Crippen molar-refractivity contribution in [2.45, 2.75) is 102 Å². The normalized spacial score (nSPS) is 31.3. The van der Waals surface area contributed by atoms with Gasteiger partial charge in [-0.15, -0.1) is 0 Å². The van der Waals surface area contributed by atoms with E-state index in [-0.39, 0.29) is 13.2 Å². The smallest absolute Gasteiger partial charge is 0.405 e. The monoisotopic (exact) mass is 731 g/mol. The van der Waals surface area contributed by atoms with Crippen molar-refractivity contribution in [3.05, 3.63) is 71.8 Å². The second kappa shape index (κ2) is 17.7. The second-order valence-electron chi connectivity index (χ2n) is 12.1. The van der Waals surface area contributed by atoms with Gasteiger partial charge in [0.05, 0.1) is 13.2 Å². The Kier molecular flexibility index (Phi) is 13.1. The SMILES string of the molecule is CC(=O)OC[C@@H]1O[C@@H](O[C@@H]2[C@@H](OCc3ccccc3)O[C@H]3COC(c4ccccc4)O[C@H]3[C@@H]2OC(C)=O)[C@H](OC(C)=O)[C@H](OC(N)=O)[C@H]1OC(C)=O. The fraction of sp³-hybridized carbons (Fsp3) is 0.514. The molecule has 0 radical (unpaired) electrons. The lowest BCUT2D eigenvalue weighted by atomic mass is 9.95. The molecule has 0 spiro atoms. The molecule has 5 rings (SSSR count). The highest BCUT2D eigenvalue weighted by Crippen LogP contribution is 2.39. The van der Waals surface area contributed by atoms with Crippen molar-refractivity contribution in [2.24, 2.45) is 5.73 Å².